The number of carbonyl (C=O) groups is 1. The molecule has 1 aliphatic rings. The van der Waals surface area contributed by atoms with Crippen LogP contribution in [0.2, 0.25) is 0 Å². The van der Waals surface area contributed by atoms with Crippen LogP contribution in [0, 0.1) is 0 Å². The molecule has 0 radical (unpaired) electrons. The largest absolute Gasteiger partial charge is 0.366 e. The molecule has 2 rings (SSSR count). The fraction of sp³-hybridized carbons (Fsp3) is 0.692. The Hall–Kier alpha value is -0.940. The van der Waals surface area contributed by atoms with E-state index in [1.165, 1.54) is 23.4 Å². The summed E-state index contributed by atoms with van der Waals surface area (Å²) in [5.41, 5.74) is 0.873. The Kier molecular flexibility index (Phi) is 4.02. The Bertz CT molecular complexity index is 411. The number of thiazole rings is 1. The minimum atomic E-state index is -0.292. The van der Waals surface area contributed by atoms with E-state index in [4.69, 9.17) is 4.74 Å². The van der Waals surface area contributed by atoms with Gasteiger partial charge in [-0.2, -0.15) is 0 Å². The first-order chi connectivity index (χ1) is 8.44. The zero-order chi connectivity index (χ0) is 13.2. The van der Waals surface area contributed by atoms with Crippen molar-refractivity contribution >= 4 is 22.4 Å². The highest BCUT2D eigenvalue weighted by Gasteiger charge is 2.17. The molecule has 100 valence electrons. The molecule has 1 aromatic rings. The predicted octanol–water partition coefficient (Wildman–Crippen LogP) is 2.78. The van der Waals surface area contributed by atoms with Gasteiger partial charge in [-0.15, -0.1) is 11.3 Å². The molecule has 0 fully saturated rings. The van der Waals surface area contributed by atoms with Gasteiger partial charge in [0, 0.05) is 4.88 Å². The van der Waals surface area contributed by atoms with Gasteiger partial charge in [0.25, 0.3) is 5.91 Å². The van der Waals surface area contributed by atoms with Crippen LogP contribution in [0.4, 0.5) is 5.13 Å². The number of rotatable bonds is 3. The Labute approximate surface area is 112 Å². The number of carbonyl (C=O) groups excluding carboxylic acids is 1. The first kappa shape index (κ1) is 13.5. The third-order valence-corrected chi connectivity index (χ3v) is 3.80. The quantitative estimate of drug-likeness (QED) is 0.917. The standard InChI is InChI=1S/C13H20N2O2S/c1-13(2,3)17-8-11(16)15-12-14-9-6-4-5-7-10(9)18-12/h4-8H2,1-3H3,(H,14,15,16). The number of fused-ring (bicyclic) bond motifs is 1. The molecule has 0 unspecified atom stereocenters. The highest BCUT2D eigenvalue weighted by atomic mass is 32.1. The van der Waals surface area contributed by atoms with Crippen LogP contribution in [-0.2, 0) is 22.4 Å². The van der Waals surface area contributed by atoms with Crippen molar-refractivity contribution in [1.29, 1.82) is 0 Å². The molecule has 1 aromatic heterocycles. The van der Waals surface area contributed by atoms with Gasteiger partial charge < -0.3 is 4.74 Å². The van der Waals surface area contributed by atoms with Gasteiger partial charge in [-0.3, -0.25) is 10.1 Å². The number of hydrogen-bond acceptors (Lipinski definition) is 4. The van der Waals surface area contributed by atoms with Gasteiger partial charge in [0.15, 0.2) is 5.13 Å². The molecule has 1 N–H and O–H groups in total. The first-order valence-electron chi connectivity index (χ1n) is 6.36. The zero-order valence-electron chi connectivity index (χ0n) is 11.2. The maximum atomic E-state index is 11.7. The average Bonchev–Trinajstić information content (AvgIpc) is 2.67. The van der Waals surface area contributed by atoms with Crippen molar-refractivity contribution < 1.29 is 9.53 Å². The second kappa shape index (κ2) is 5.36. The second-order valence-electron chi connectivity index (χ2n) is 5.55. The van der Waals surface area contributed by atoms with Crippen molar-refractivity contribution in [2.75, 3.05) is 11.9 Å². The summed E-state index contributed by atoms with van der Waals surface area (Å²) in [5, 5.41) is 3.53. The number of amides is 1. The van der Waals surface area contributed by atoms with E-state index in [-0.39, 0.29) is 18.1 Å². The lowest BCUT2D eigenvalue weighted by Gasteiger charge is -2.18. The molecule has 0 aliphatic heterocycles. The lowest BCUT2D eigenvalue weighted by atomic mass is 10.0. The van der Waals surface area contributed by atoms with E-state index < -0.39 is 0 Å². The van der Waals surface area contributed by atoms with Crippen molar-refractivity contribution in [3.05, 3.63) is 10.6 Å². The van der Waals surface area contributed by atoms with Gasteiger partial charge in [-0.1, -0.05) is 0 Å². The summed E-state index contributed by atoms with van der Waals surface area (Å²) in [6.45, 7) is 5.88. The maximum Gasteiger partial charge on any atom is 0.252 e. The van der Waals surface area contributed by atoms with Crippen molar-refractivity contribution in [3.8, 4) is 0 Å². The SMILES string of the molecule is CC(C)(C)OCC(=O)Nc1nc2c(s1)CCCC2. The molecule has 0 spiro atoms. The molecule has 0 atom stereocenters. The van der Waals surface area contributed by atoms with Crippen LogP contribution in [0.5, 0.6) is 0 Å². The number of nitrogens with one attached hydrogen (secondary N) is 1. The van der Waals surface area contributed by atoms with E-state index in [0.717, 1.165) is 12.8 Å². The molecular formula is C13H20N2O2S. The Morgan fingerprint density at radius 1 is 1.39 bits per heavy atom. The van der Waals surface area contributed by atoms with E-state index in [1.54, 1.807) is 11.3 Å². The van der Waals surface area contributed by atoms with Gasteiger partial charge in [0.1, 0.15) is 6.61 Å². The molecule has 18 heavy (non-hydrogen) atoms. The van der Waals surface area contributed by atoms with Crippen LogP contribution in [0.15, 0.2) is 0 Å². The molecule has 4 nitrogen and oxygen atoms in total. The smallest absolute Gasteiger partial charge is 0.252 e. The lowest BCUT2D eigenvalue weighted by Crippen LogP contribution is -2.27. The third-order valence-electron chi connectivity index (χ3n) is 2.73. The molecule has 1 aliphatic carbocycles. The molecule has 1 amide bonds. The summed E-state index contributed by atoms with van der Waals surface area (Å²) in [4.78, 5) is 17.5. The summed E-state index contributed by atoms with van der Waals surface area (Å²) >= 11 is 1.60. The monoisotopic (exact) mass is 268 g/mol. The van der Waals surface area contributed by atoms with Crippen molar-refractivity contribution in [1.82, 2.24) is 4.98 Å². The molecule has 0 bridgehead atoms. The maximum absolute atomic E-state index is 11.7. The number of ether oxygens (including phenoxy) is 1. The van der Waals surface area contributed by atoms with Crippen molar-refractivity contribution in [2.24, 2.45) is 0 Å². The lowest BCUT2D eigenvalue weighted by molar-refractivity contribution is -0.125. The summed E-state index contributed by atoms with van der Waals surface area (Å²) in [5.74, 6) is -0.129. The van der Waals surface area contributed by atoms with Crippen LogP contribution in [-0.4, -0.2) is 23.1 Å². The molecule has 0 saturated heterocycles. The molecule has 0 saturated carbocycles. The first-order valence-corrected chi connectivity index (χ1v) is 7.18. The van der Waals surface area contributed by atoms with E-state index in [9.17, 15) is 4.79 Å². The zero-order valence-corrected chi connectivity index (χ0v) is 12.0. The second-order valence-corrected chi connectivity index (χ2v) is 6.63. The minimum Gasteiger partial charge on any atom is -0.366 e. The predicted molar refractivity (Wildman–Crippen MR) is 73.1 cm³/mol. The van der Waals surface area contributed by atoms with Crippen molar-refractivity contribution in [2.45, 2.75) is 52.1 Å². The highest BCUT2D eigenvalue weighted by molar-refractivity contribution is 7.15. The van der Waals surface area contributed by atoms with Gasteiger partial charge in [0.05, 0.1) is 11.3 Å². The van der Waals surface area contributed by atoms with Crippen LogP contribution in [0.25, 0.3) is 0 Å². The number of nitrogens with zero attached hydrogens (tertiary/aromatic N) is 1. The van der Waals surface area contributed by atoms with E-state index >= 15 is 0 Å². The fourth-order valence-electron chi connectivity index (χ4n) is 1.84. The normalized spacial score (nSPS) is 15.3. The summed E-state index contributed by atoms with van der Waals surface area (Å²) in [6, 6.07) is 0. The van der Waals surface area contributed by atoms with Gasteiger partial charge in [-0.05, 0) is 46.5 Å². The number of anilines is 1. The van der Waals surface area contributed by atoms with Gasteiger partial charge in [-0.25, -0.2) is 4.98 Å². The topological polar surface area (TPSA) is 51.2 Å². The molecular weight excluding hydrogens is 248 g/mol. The molecule has 5 heteroatoms. The van der Waals surface area contributed by atoms with Crippen LogP contribution >= 0.6 is 11.3 Å². The summed E-state index contributed by atoms with van der Waals surface area (Å²) < 4.78 is 5.43. The Morgan fingerprint density at radius 2 is 2.11 bits per heavy atom. The number of hydrogen-bond donors (Lipinski definition) is 1. The van der Waals surface area contributed by atoms with E-state index in [1.807, 2.05) is 20.8 Å². The Morgan fingerprint density at radius 3 is 2.78 bits per heavy atom. The van der Waals surface area contributed by atoms with Crippen LogP contribution in [0.3, 0.4) is 0 Å². The van der Waals surface area contributed by atoms with Gasteiger partial charge >= 0.3 is 0 Å². The fourth-order valence-corrected chi connectivity index (χ4v) is 2.91. The molecule has 0 aromatic carbocycles. The molecule has 1 heterocycles. The third kappa shape index (κ3) is 3.78. The van der Waals surface area contributed by atoms with Crippen molar-refractivity contribution in [3.63, 3.8) is 0 Å². The number of aromatic nitrogens is 1. The highest BCUT2D eigenvalue weighted by Crippen LogP contribution is 2.29. The van der Waals surface area contributed by atoms with Crippen LogP contribution < -0.4 is 5.32 Å². The number of aryl methyl sites for hydroxylation is 2. The van der Waals surface area contributed by atoms with Gasteiger partial charge in [0.2, 0.25) is 0 Å². The Balaban J connectivity index is 1.89. The van der Waals surface area contributed by atoms with Crippen LogP contribution in [0.1, 0.15) is 44.2 Å². The summed E-state index contributed by atoms with van der Waals surface area (Å²) in [7, 11) is 0. The average molecular weight is 268 g/mol. The summed E-state index contributed by atoms with van der Waals surface area (Å²) in [6.07, 6.45) is 4.58. The minimum absolute atomic E-state index is 0.0771. The van der Waals surface area contributed by atoms with E-state index in [0.29, 0.717) is 5.13 Å². The van der Waals surface area contributed by atoms with E-state index in [2.05, 4.69) is 10.3 Å².